The fraction of sp³-hybridized carbons (Fsp3) is 1.00. The summed E-state index contributed by atoms with van der Waals surface area (Å²) >= 11 is 2.08. The van der Waals surface area contributed by atoms with Crippen molar-refractivity contribution in [3.05, 3.63) is 0 Å². The van der Waals surface area contributed by atoms with Crippen LogP contribution in [0.15, 0.2) is 0 Å². The van der Waals surface area contributed by atoms with Crippen molar-refractivity contribution in [1.82, 2.24) is 10.2 Å². The fourth-order valence-electron chi connectivity index (χ4n) is 4.74. The maximum Gasteiger partial charge on any atom is 0.0151 e. The number of rotatable bonds is 4. The number of nitrogens with zero attached hydrogens (tertiary/aromatic N) is 1. The summed E-state index contributed by atoms with van der Waals surface area (Å²) in [5, 5.41) is 5.02. The van der Waals surface area contributed by atoms with E-state index in [9.17, 15) is 0 Å². The number of hydrogen-bond donors (Lipinski definition) is 1. The van der Waals surface area contributed by atoms with Crippen LogP contribution in [-0.2, 0) is 0 Å². The molecule has 20 heavy (non-hydrogen) atoms. The highest BCUT2D eigenvalue weighted by atomic mass is 32.2. The number of likely N-dealkylation sites (tertiary alicyclic amines) is 1. The van der Waals surface area contributed by atoms with Gasteiger partial charge in [-0.15, -0.1) is 0 Å². The summed E-state index contributed by atoms with van der Waals surface area (Å²) in [5.41, 5.74) is 0. The molecule has 0 aromatic carbocycles. The molecule has 1 aliphatic heterocycles. The van der Waals surface area contributed by atoms with E-state index in [1.807, 2.05) is 0 Å². The Balaban J connectivity index is 1.59. The smallest absolute Gasteiger partial charge is 0.0151 e. The Labute approximate surface area is 129 Å². The van der Waals surface area contributed by atoms with Crippen molar-refractivity contribution in [2.75, 3.05) is 19.3 Å². The zero-order valence-electron chi connectivity index (χ0n) is 13.5. The second kappa shape index (κ2) is 6.58. The highest BCUT2D eigenvalue weighted by Gasteiger charge is 2.41. The third-order valence-electron chi connectivity index (χ3n) is 5.98. The molecule has 116 valence electrons. The van der Waals surface area contributed by atoms with E-state index in [2.05, 4.69) is 42.1 Å². The van der Waals surface area contributed by atoms with E-state index in [4.69, 9.17) is 0 Å². The zero-order chi connectivity index (χ0) is 14.1. The van der Waals surface area contributed by atoms with E-state index >= 15 is 0 Å². The van der Waals surface area contributed by atoms with Gasteiger partial charge in [0.05, 0.1) is 0 Å². The van der Waals surface area contributed by atoms with Gasteiger partial charge in [0.15, 0.2) is 0 Å². The molecule has 0 aromatic heterocycles. The molecular formula is C17H32N2S. The molecule has 2 nitrogen and oxygen atoms in total. The second-order valence-corrected chi connectivity index (χ2v) is 8.70. The third kappa shape index (κ3) is 3.20. The number of nitrogens with one attached hydrogen (secondary N) is 1. The molecule has 0 aromatic rings. The molecular weight excluding hydrogens is 264 g/mol. The van der Waals surface area contributed by atoms with Crippen LogP contribution >= 0.6 is 11.8 Å². The molecule has 1 N–H and O–H groups in total. The maximum atomic E-state index is 4.10. The molecule has 1 saturated heterocycles. The van der Waals surface area contributed by atoms with Gasteiger partial charge in [-0.3, -0.25) is 0 Å². The van der Waals surface area contributed by atoms with Crippen LogP contribution in [0.3, 0.4) is 0 Å². The molecule has 4 atom stereocenters. The summed E-state index contributed by atoms with van der Waals surface area (Å²) in [6.07, 6.45) is 10.9. The predicted octanol–water partition coefficient (Wildman–Crippen LogP) is 3.37. The number of piperidine rings is 1. The standard InChI is InChI=1S/C17H32N2S/c1-12(2)19-10-13-5-4-6-14(11-19)17(13)18-15-7-8-16(9-15)20-3/h12-18H,4-11H2,1-3H3. The van der Waals surface area contributed by atoms with Crippen molar-refractivity contribution in [3.63, 3.8) is 0 Å². The number of hydrogen-bond acceptors (Lipinski definition) is 3. The molecule has 3 fully saturated rings. The summed E-state index contributed by atoms with van der Waals surface area (Å²) in [6, 6.07) is 2.36. The lowest BCUT2D eigenvalue weighted by Crippen LogP contribution is -2.59. The highest BCUT2D eigenvalue weighted by Crippen LogP contribution is 2.37. The predicted molar refractivity (Wildman–Crippen MR) is 89.4 cm³/mol. The van der Waals surface area contributed by atoms with Crippen molar-refractivity contribution >= 4 is 11.8 Å². The van der Waals surface area contributed by atoms with Crippen molar-refractivity contribution in [3.8, 4) is 0 Å². The topological polar surface area (TPSA) is 15.3 Å². The highest BCUT2D eigenvalue weighted by molar-refractivity contribution is 7.99. The van der Waals surface area contributed by atoms with Crippen LogP contribution in [0.2, 0.25) is 0 Å². The van der Waals surface area contributed by atoms with E-state index in [1.165, 1.54) is 51.6 Å². The van der Waals surface area contributed by atoms with Crippen LogP contribution in [0.5, 0.6) is 0 Å². The molecule has 3 aliphatic rings. The summed E-state index contributed by atoms with van der Waals surface area (Å²) in [7, 11) is 0. The van der Waals surface area contributed by atoms with E-state index in [0.29, 0.717) is 0 Å². The van der Waals surface area contributed by atoms with E-state index in [1.54, 1.807) is 0 Å². The van der Waals surface area contributed by atoms with E-state index in [0.717, 1.165) is 35.2 Å². The molecule has 1 heterocycles. The van der Waals surface area contributed by atoms with Gasteiger partial charge in [-0.25, -0.2) is 0 Å². The third-order valence-corrected chi connectivity index (χ3v) is 7.07. The van der Waals surface area contributed by atoms with Gasteiger partial charge in [-0.2, -0.15) is 11.8 Å². The monoisotopic (exact) mass is 296 g/mol. The van der Waals surface area contributed by atoms with Crippen molar-refractivity contribution in [1.29, 1.82) is 0 Å². The van der Waals surface area contributed by atoms with Gasteiger partial charge in [0.1, 0.15) is 0 Å². The Morgan fingerprint density at radius 3 is 2.30 bits per heavy atom. The van der Waals surface area contributed by atoms with E-state index < -0.39 is 0 Å². The minimum Gasteiger partial charge on any atom is -0.311 e. The Hall–Kier alpha value is 0.270. The maximum absolute atomic E-state index is 4.10. The molecule has 4 unspecified atom stereocenters. The minimum atomic E-state index is 0.728. The average molecular weight is 297 g/mol. The summed E-state index contributed by atoms with van der Waals surface area (Å²) < 4.78 is 0. The molecule has 3 heteroatoms. The van der Waals surface area contributed by atoms with Crippen LogP contribution in [0, 0.1) is 11.8 Å². The molecule has 2 bridgehead atoms. The first kappa shape index (κ1) is 15.2. The van der Waals surface area contributed by atoms with Gasteiger partial charge in [-0.05, 0) is 64.0 Å². The summed E-state index contributed by atoms with van der Waals surface area (Å²) in [4.78, 5) is 2.73. The fourth-order valence-corrected chi connectivity index (χ4v) is 5.54. The molecule has 0 radical (unpaired) electrons. The minimum absolute atomic E-state index is 0.728. The first-order chi connectivity index (χ1) is 9.67. The molecule has 2 aliphatic carbocycles. The van der Waals surface area contributed by atoms with Crippen LogP contribution in [0.1, 0.15) is 52.4 Å². The lowest BCUT2D eigenvalue weighted by molar-refractivity contribution is 0.0253. The van der Waals surface area contributed by atoms with Crippen LogP contribution in [0.25, 0.3) is 0 Å². The van der Waals surface area contributed by atoms with Gasteiger partial charge in [-0.1, -0.05) is 6.42 Å². The van der Waals surface area contributed by atoms with Gasteiger partial charge in [0.2, 0.25) is 0 Å². The second-order valence-electron chi connectivity index (χ2n) is 7.56. The Kier molecular flexibility index (Phi) is 4.99. The Morgan fingerprint density at radius 2 is 1.75 bits per heavy atom. The van der Waals surface area contributed by atoms with Crippen LogP contribution < -0.4 is 5.32 Å². The molecule has 3 rings (SSSR count). The first-order valence-electron chi connectivity index (χ1n) is 8.70. The van der Waals surface area contributed by atoms with Crippen molar-refractivity contribution < 1.29 is 0 Å². The SMILES string of the molecule is CSC1CCC(NC2C3CCCC2CN(C(C)C)C3)C1. The summed E-state index contributed by atoms with van der Waals surface area (Å²) in [6.45, 7) is 7.40. The quantitative estimate of drug-likeness (QED) is 0.856. The average Bonchev–Trinajstić information content (AvgIpc) is 2.85. The molecule has 2 saturated carbocycles. The van der Waals surface area contributed by atoms with Crippen LogP contribution in [-0.4, -0.2) is 47.6 Å². The van der Waals surface area contributed by atoms with Gasteiger partial charge in [0.25, 0.3) is 0 Å². The normalized spacial score (nSPS) is 42.3. The van der Waals surface area contributed by atoms with Gasteiger partial charge >= 0.3 is 0 Å². The Morgan fingerprint density at radius 1 is 1.05 bits per heavy atom. The van der Waals surface area contributed by atoms with Gasteiger partial charge < -0.3 is 10.2 Å². The van der Waals surface area contributed by atoms with Crippen molar-refractivity contribution in [2.24, 2.45) is 11.8 Å². The molecule has 0 spiro atoms. The lowest BCUT2D eigenvalue weighted by atomic mass is 9.73. The first-order valence-corrected chi connectivity index (χ1v) is 9.99. The molecule has 0 amide bonds. The number of fused-ring (bicyclic) bond motifs is 2. The van der Waals surface area contributed by atoms with Crippen molar-refractivity contribution in [2.45, 2.75) is 75.7 Å². The lowest BCUT2D eigenvalue weighted by Gasteiger charge is -2.50. The largest absolute Gasteiger partial charge is 0.311 e. The number of thioether (sulfide) groups is 1. The summed E-state index contributed by atoms with van der Waals surface area (Å²) in [5.74, 6) is 1.83. The van der Waals surface area contributed by atoms with Crippen LogP contribution in [0.4, 0.5) is 0 Å². The van der Waals surface area contributed by atoms with E-state index in [-0.39, 0.29) is 0 Å². The zero-order valence-corrected chi connectivity index (χ0v) is 14.3. The Bertz CT molecular complexity index is 306. The van der Waals surface area contributed by atoms with Gasteiger partial charge in [0, 0.05) is 36.5 Å².